The van der Waals surface area contributed by atoms with E-state index in [1.807, 2.05) is 13.1 Å². The minimum atomic E-state index is -2.39. The van der Waals surface area contributed by atoms with E-state index in [1.54, 1.807) is 10.3 Å². The van der Waals surface area contributed by atoms with E-state index in [1.165, 1.54) is 22.2 Å². The second-order valence-corrected chi connectivity index (χ2v) is 5.37. The fourth-order valence-corrected chi connectivity index (χ4v) is 2.83. The smallest absolute Gasteiger partial charge is 0.257 e. The van der Waals surface area contributed by atoms with Gasteiger partial charge in [0.25, 0.3) is 6.43 Å². The maximum atomic E-state index is 12.3. The van der Waals surface area contributed by atoms with Gasteiger partial charge in [-0.3, -0.25) is 4.68 Å². The first-order chi connectivity index (χ1) is 9.11. The fourth-order valence-electron chi connectivity index (χ4n) is 2.00. The fraction of sp³-hybridized carbons (Fsp3) is 0.455. The number of hydrogen-bond donors (Lipinski definition) is 1. The van der Waals surface area contributed by atoms with Crippen molar-refractivity contribution in [1.29, 1.82) is 0 Å². The largest absolute Gasteiger partial charge is 0.307 e. The Morgan fingerprint density at radius 1 is 1.37 bits per heavy atom. The highest BCUT2D eigenvalue weighted by Gasteiger charge is 2.16. The highest BCUT2D eigenvalue weighted by molar-refractivity contribution is 7.97. The predicted octanol–water partition coefficient (Wildman–Crippen LogP) is 1.81. The van der Waals surface area contributed by atoms with E-state index < -0.39 is 6.43 Å². The molecule has 0 saturated carbocycles. The van der Waals surface area contributed by atoms with Crippen molar-refractivity contribution in [1.82, 2.24) is 24.3 Å². The molecule has 19 heavy (non-hydrogen) atoms. The first kappa shape index (κ1) is 12.6. The number of nitrogens with zero attached hydrogens (tertiary/aromatic N) is 4. The molecule has 0 aromatic carbocycles. The number of hydrogen-bond acceptors (Lipinski definition) is 4. The lowest BCUT2D eigenvalue weighted by molar-refractivity contribution is 0.121. The minimum Gasteiger partial charge on any atom is -0.307 e. The Hall–Kier alpha value is -1.41. The summed E-state index contributed by atoms with van der Waals surface area (Å²) in [6.07, 6.45) is 1.19. The summed E-state index contributed by atoms with van der Waals surface area (Å²) in [7, 11) is 0. The summed E-state index contributed by atoms with van der Waals surface area (Å²) < 4.78 is 27.6. The van der Waals surface area contributed by atoms with Crippen molar-refractivity contribution in [2.45, 2.75) is 38.0 Å². The maximum Gasteiger partial charge on any atom is 0.257 e. The van der Waals surface area contributed by atoms with Crippen molar-refractivity contribution in [2.75, 3.05) is 0 Å². The molecule has 2 aromatic rings. The van der Waals surface area contributed by atoms with Gasteiger partial charge in [0.2, 0.25) is 0 Å². The number of aryl methyl sites for hydroxylation is 1. The van der Waals surface area contributed by atoms with Crippen molar-refractivity contribution < 1.29 is 8.78 Å². The molecule has 3 heterocycles. The first-order valence-electron chi connectivity index (χ1n) is 5.90. The Morgan fingerprint density at radius 3 is 2.95 bits per heavy atom. The predicted molar refractivity (Wildman–Crippen MR) is 67.0 cm³/mol. The van der Waals surface area contributed by atoms with Crippen LogP contribution >= 0.6 is 11.9 Å². The minimum absolute atomic E-state index is 0.374. The van der Waals surface area contributed by atoms with Crippen LogP contribution in [-0.4, -0.2) is 25.4 Å². The van der Waals surface area contributed by atoms with Crippen LogP contribution in [-0.2, 0) is 19.6 Å². The first-order valence-corrected chi connectivity index (χ1v) is 6.68. The van der Waals surface area contributed by atoms with Gasteiger partial charge in [-0.15, -0.1) is 0 Å². The van der Waals surface area contributed by atoms with Crippen LogP contribution in [0.25, 0.3) is 0 Å². The van der Waals surface area contributed by atoms with E-state index in [9.17, 15) is 8.78 Å². The lowest BCUT2D eigenvalue weighted by Crippen LogP contribution is -2.07. The van der Waals surface area contributed by atoms with Gasteiger partial charge < -0.3 is 5.32 Å². The zero-order chi connectivity index (χ0) is 13.4. The van der Waals surface area contributed by atoms with Gasteiger partial charge in [0.1, 0.15) is 11.6 Å². The molecule has 0 fully saturated rings. The van der Waals surface area contributed by atoms with Gasteiger partial charge in [-0.1, -0.05) is 0 Å². The standard InChI is InChI=1S/C11H13F2N5S/c1-7-4-17(6-10(12)13)16-11(7)19-18-5-8-2-14-3-9(8)15-18/h4-5,10,14H,2-3,6H2,1H3. The van der Waals surface area contributed by atoms with Crippen LogP contribution in [0.15, 0.2) is 17.4 Å². The van der Waals surface area contributed by atoms with Gasteiger partial charge in [-0.05, 0) is 6.92 Å². The molecule has 102 valence electrons. The maximum absolute atomic E-state index is 12.3. The molecule has 0 aliphatic carbocycles. The molecular formula is C11H13F2N5S. The van der Waals surface area contributed by atoms with Gasteiger partial charge in [0, 0.05) is 48.6 Å². The summed E-state index contributed by atoms with van der Waals surface area (Å²) in [6, 6.07) is 0. The van der Waals surface area contributed by atoms with Crippen molar-refractivity contribution in [3.05, 3.63) is 29.2 Å². The third kappa shape index (κ3) is 2.64. The van der Waals surface area contributed by atoms with E-state index in [0.717, 1.165) is 24.3 Å². The Morgan fingerprint density at radius 2 is 2.21 bits per heavy atom. The number of rotatable bonds is 4. The molecule has 0 spiro atoms. The lowest BCUT2D eigenvalue weighted by atomic mass is 10.3. The van der Waals surface area contributed by atoms with Crippen LogP contribution in [0.3, 0.4) is 0 Å². The van der Waals surface area contributed by atoms with Gasteiger partial charge in [0.15, 0.2) is 0 Å². The summed E-state index contributed by atoms with van der Waals surface area (Å²) in [6.45, 7) is 3.09. The van der Waals surface area contributed by atoms with Gasteiger partial charge in [0.05, 0.1) is 5.69 Å². The molecule has 2 aromatic heterocycles. The molecule has 0 atom stereocenters. The molecule has 0 amide bonds. The summed E-state index contributed by atoms with van der Waals surface area (Å²) in [5, 5.41) is 12.5. The van der Waals surface area contributed by atoms with Crippen LogP contribution in [0, 0.1) is 6.92 Å². The molecule has 1 aliphatic rings. The second-order valence-electron chi connectivity index (χ2n) is 4.43. The molecule has 1 aliphatic heterocycles. The number of halogens is 2. The highest BCUT2D eigenvalue weighted by atomic mass is 32.2. The molecule has 5 nitrogen and oxygen atoms in total. The molecule has 0 saturated heterocycles. The zero-order valence-electron chi connectivity index (χ0n) is 10.3. The second kappa shape index (κ2) is 4.93. The average Bonchev–Trinajstić information content (AvgIpc) is 2.94. The van der Waals surface area contributed by atoms with E-state index in [0.29, 0.717) is 5.03 Å². The number of fused-ring (bicyclic) bond motifs is 1. The Balaban J connectivity index is 1.76. The highest BCUT2D eigenvalue weighted by Crippen LogP contribution is 2.24. The number of nitrogens with one attached hydrogen (secondary N) is 1. The Bertz CT molecular complexity index is 570. The zero-order valence-corrected chi connectivity index (χ0v) is 11.1. The van der Waals surface area contributed by atoms with Crippen molar-refractivity contribution in [3.8, 4) is 0 Å². The van der Waals surface area contributed by atoms with E-state index in [-0.39, 0.29) is 6.54 Å². The van der Waals surface area contributed by atoms with Gasteiger partial charge >= 0.3 is 0 Å². The van der Waals surface area contributed by atoms with Crippen LogP contribution < -0.4 is 5.32 Å². The van der Waals surface area contributed by atoms with E-state index >= 15 is 0 Å². The molecule has 0 radical (unpaired) electrons. The quantitative estimate of drug-likeness (QED) is 0.931. The summed E-state index contributed by atoms with van der Waals surface area (Å²) in [5.41, 5.74) is 3.09. The third-order valence-electron chi connectivity index (χ3n) is 2.87. The van der Waals surface area contributed by atoms with Gasteiger partial charge in [-0.2, -0.15) is 10.2 Å². The number of alkyl halides is 2. The molecule has 8 heteroatoms. The van der Waals surface area contributed by atoms with E-state index in [4.69, 9.17) is 0 Å². The van der Waals surface area contributed by atoms with Crippen LogP contribution in [0.5, 0.6) is 0 Å². The molecule has 0 bridgehead atoms. The summed E-state index contributed by atoms with van der Waals surface area (Å²) in [5.74, 6) is 0. The normalized spacial score (nSPS) is 14.3. The Labute approximate surface area is 113 Å². The number of aromatic nitrogens is 4. The summed E-state index contributed by atoms with van der Waals surface area (Å²) >= 11 is 1.35. The molecule has 1 N–H and O–H groups in total. The monoisotopic (exact) mass is 285 g/mol. The van der Waals surface area contributed by atoms with Crippen LogP contribution in [0.4, 0.5) is 8.78 Å². The van der Waals surface area contributed by atoms with E-state index in [2.05, 4.69) is 15.5 Å². The van der Waals surface area contributed by atoms with Crippen molar-refractivity contribution in [2.24, 2.45) is 0 Å². The SMILES string of the molecule is Cc1cn(CC(F)F)nc1Sn1cc2c(n1)CNC2. The van der Waals surface area contributed by atoms with Crippen LogP contribution in [0.1, 0.15) is 16.8 Å². The molecular weight excluding hydrogens is 272 g/mol. The third-order valence-corrected chi connectivity index (χ3v) is 3.82. The lowest BCUT2D eigenvalue weighted by Gasteiger charge is -2.00. The molecule has 3 rings (SSSR count). The van der Waals surface area contributed by atoms with Crippen molar-refractivity contribution in [3.63, 3.8) is 0 Å². The Kier molecular flexibility index (Phi) is 3.28. The van der Waals surface area contributed by atoms with Gasteiger partial charge in [-0.25, -0.2) is 12.9 Å². The topological polar surface area (TPSA) is 47.7 Å². The van der Waals surface area contributed by atoms with Crippen LogP contribution in [0.2, 0.25) is 0 Å². The van der Waals surface area contributed by atoms with Crippen molar-refractivity contribution >= 4 is 11.9 Å². The molecule has 0 unspecified atom stereocenters. The summed E-state index contributed by atoms with van der Waals surface area (Å²) in [4.78, 5) is 0. The average molecular weight is 285 g/mol.